The van der Waals surface area contributed by atoms with Gasteiger partial charge in [-0.1, -0.05) is 0 Å². The van der Waals surface area contributed by atoms with Crippen LogP contribution in [0.5, 0.6) is 0 Å². The standard InChI is InChI=1S/C12H9F2N3O2/c1-15-12-6-8(17(18)19)5-11(16-12)7-2-3-9(13)10(14)4-7/h2-6H,1H3,(H,15,16). The molecule has 7 heteroatoms. The Labute approximate surface area is 107 Å². The molecule has 0 amide bonds. The van der Waals surface area contributed by atoms with Crippen LogP contribution in [0.2, 0.25) is 0 Å². The van der Waals surface area contributed by atoms with Crippen LogP contribution in [0, 0.1) is 21.7 Å². The molecular weight excluding hydrogens is 256 g/mol. The predicted octanol–water partition coefficient (Wildman–Crippen LogP) is 2.98. The normalized spacial score (nSPS) is 10.3. The summed E-state index contributed by atoms with van der Waals surface area (Å²) in [5.74, 6) is -1.74. The zero-order valence-corrected chi connectivity index (χ0v) is 9.85. The number of nitrogens with zero attached hydrogens (tertiary/aromatic N) is 2. The van der Waals surface area contributed by atoms with Crippen molar-refractivity contribution in [2.45, 2.75) is 0 Å². The minimum absolute atomic E-state index is 0.181. The molecule has 0 fully saturated rings. The second-order valence-electron chi connectivity index (χ2n) is 3.73. The molecule has 1 aromatic heterocycles. The average molecular weight is 265 g/mol. The Morgan fingerprint density at radius 2 is 1.95 bits per heavy atom. The number of benzene rings is 1. The summed E-state index contributed by atoms with van der Waals surface area (Å²) >= 11 is 0. The number of aromatic nitrogens is 1. The molecule has 0 unspecified atom stereocenters. The van der Waals surface area contributed by atoms with E-state index >= 15 is 0 Å². The lowest BCUT2D eigenvalue weighted by atomic mass is 10.1. The summed E-state index contributed by atoms with van der Waals surface area (Å²) < 4.78 is 26.0. The van der Waals surface area contributed by atoms with E-state index in [4.69, 9.17) is 0 Å². The third kappa shape index (κ3) is 2.65. The van der Waals surface area contributed by atoms with Crippen molar-refractivity contribution in [3.63, 3.8) is 0 Å². The van der Waals surface area contributed by atoms with Crippen LogP contribution in [-0.2, 0) is 0 Å². The zero-order valence-electron chi connectivity index (χ0n) is 9.85. The van der Waals surface area contributed by atoms with Gasteiger partial charge in [0.05, 0.1) is 16.7 Å². The topological polar surface area (TPSA) is 68.1 Å². The molecule has 5 nitrogen and oxygen atoms in total. The van der Waals surface area contributed by atoms with E-state index in [0.717, 1.165) is 12.1 Å². The predicted molar refractivity (Wildman–Crippen MR) is 65.8 cm³/mol. The summed E-state index contributed by atoms with van der Waals surface area (Å²) in [6.45, 7) is 0. The van der Waals surface area contributed by atoms with E-state index in [0.29, 0.717) is 0 Å². The first-order valence-electron chi connectivity index (χ1n) is 5.31. The first-order chi connectivity index (χ1) is 9.01. The van der Waals surface area contributed by atoms with Gasteiger partial charge in [-0.25, -0.2) is 13.8 Å². The van der Waals surface area contributed by atoms with Gasteiger partial charge in [0.2, 0.25) is 0 Å². The van der Waals surface area contributed by atoms with Gasteiger partial charge in [0.25, 0.3) is 5.69 Å². The van der Waals surface area contributed by atoms with Gasteiger partial charge in [-0.2, -0.15) is 0 Å². The smallest absolute Gasteiger partial charge is 0.275 e. The highest BCUT2D eigenvalue weighted by molar-refractivity contribution is 5.65. The van der Waals surface area contributed by atoms with Gasteiger partial charge < -0.3 is 5.32 Å². The zero-order chi connectivity index (χ0) is 14.0. The molecule has 1 aromatic carbocycles. The van der Waals surface area contributed by atoms with Crippen LogP contribution >= 0.6 is 0 Å². The number of halogens is 2. The molecule has 0 radical (unpaired) electrons. The SMILES string of the molecule is CNc1cc([N+](=O)[O-])cc(-c2ccc(F)c(F)c2)n1. The quantitative estimate of drug-likeness (QED) is 0.684. The molecule has 2 aromatic rings. The number of rotatable bonds is 3. The number of hydrogen-bond acceptors (Lipinski definition) is 4. The Hall–Kier alpha value is -2.57. The Bertz CT molecular complexity index is 647. The lowest BCUT2D eigenvalue weighted by molar-refractivity contribution is -0.384. The van der Waals surface area contributed by atoms with Crippen LogP contribution in [0.3, 0.4) is 0 Å². The third-order valence-electron chi connectivity index (χ3n) is 2.49. The first-order valence-corrected chi connectivity index (χ1v) is 5.31. The van der Waals surface area contributed by atoms with E-state index in [-0.39, 0.29) is 22.8 Å². The molecule has 2 rings (SSSR count). The van der Waals surface area contributed by atoms with Crippen molar-refractivity contribution < 1.29 is 13.7 Å². The van der Waals surface area contributed by atoms with Gasteiger partial charge in [-0.3, -0.25) is 10.1 Å². The molecule has 0 atom stereocenters. The minimum atomic E-state index is -1.03. The summed E-state index contributed by atoms with van der Waals surface area (Å²) in [6, 6.07) is 5.66. The Kier molecular flexibility index (Phi) is 3.37. The summed E-state index contributed by atoms with van der Waals surface area (Å²) in [7, 11) is 1.56. The highest BCUT2D eigenvalue weighted by atomic mass is 19.2. The van der Waals surface area contributed by atoms with Crippen molar-refractivity contribution >= 4 is 11.5 Å². The van der Waals surface area contributed by atoms with Crippen molar-refractivity contribution in [2.24, 2.45) is 0 Å². The van der Waals surface area contributed by atoms with E-state index in [9.17, 15) is 18.9 Å². The molecule has 0 aliphatic carbocycles. The molecule has 0 aliphatic rings. The van der Waals surface area contributed by atoms with E-state index in [1.807, 2.05) is 0 Å². The van der Waals surface area contributed by atoms with E-state index in [1.54, 1.807) is 7.05 Å². The molecule has 0 saturated carbocycles. The minimum Gasteiger partial charge on any atom is -0.373 e. The maximum absolute atomic E-state index is 13.2. The van der Waals surface area contributed by atoms with Gasteiger partial charge in [0.15, 0.2) is 11.6 Å². The van der Waals surface area contributed by atoms with Crippen LogP contribution in [0.4, 0.5) is 20.3 Å². The summed E-state index contributed by atoms with van der Waals surface area (Å²) in [4.78, 5) is 14.3. The number of nitrogens with one attached hydrogen (secondary N) is 1. The fourth-order valence-corrected chi connectivity index (χ4v) is 1.55. The fourth-order valence-electron chi connectivity index (χ4n) is 1.55. The van der Waals surface area contributed by atoms with Gasteiger partial charge >= 0.3 is 0 Å². The number of nitro groups is 1. The van der Waals surface area contributed by atoms with Gasteiger partial charge in [0.1, 0.15) is 5.82 Å². The van der Waals surface area contributed by atoms with E-state index in [2.05, 4.69) is 10.3 Å². The van der Waals surface area contributed by atoms with Crippen LogP contribution in [0.25, 0.3) is 11.3 Å². The first kappa shape index (κ1) is 12.9. The molecule has 1 N–H and O–H groups in total. The van der Waals surface area contributed by atoms with Crippen LogP contribution in [0.1, 0.15) is 0 Å². The van der Waals surface area contributed by atoms with Crippen LogP contribution < -0.4 is 5.32 Å². The average Bonchev–Trinajstić information content (AvgIpc) is 2.41. The molecule has 0 aliphatic heterocycles. The van der Waals surface area contributed by atoms with E-state index in [1.165, 1.54) is 18.2 Å². The lowest BCUT2D eigenvalue weighted by Crippen LogP contribution is -1.98. The largest absolute Gasteiger partial charge is 0.373 e. The summed E-state index contributed by atoms with van der Waals surface area (Å²) in [6.07, 6.45) is 0. The summed E-state index contributed by atoms with van der Waals surface area (Å²) in [5, 5.41) is 13.5. The van der Waals surface area contributed by atoms with Crippen molar-refractivity contribution in [1.29, 1.82) is 0 Å². The Morgan fingerprint density at radius 1 is 1.21 bits per heavy atom. The number of anilines is 1. The van der Waals surface area contributed by atoms with Crippen LogP contribution in [0.15, 0.2) is 30.3 Å². The second kappa shape index (κ2) is 4.97. The van der Waals surface area contributed by atoms with Crippen molar-refractivity contribution in [1.82, 2.24) is 4.98 Å². The van der Waals surface area contributed by atoms with E-state index < -0.39 is 16.6 Å². The molecular formula is C12H9F2N3O2. The van der Waals surface area contributed by atoms with Gasteiger partial charge in [-0.05, 0) is 18.2 Å². The Morgan fingerprint density at radius 3 is 2.53 bits per heavy atom. The Balaban J connectivity index is 2.57. The molecule has 19 heavy (non-hydrogen) atoms. The van der Waals surface area contributed by atoms with Gasteiger partial charge in [0, 0.05) is 18.7 Å². The van der Waals surface area contributed by atoms with Crippen molar-refractivity contribution in [3.8, 4) is 11.3 Å². The third-order valence-corrected chi connectivity index (χ3v) is 2.49. The van der Waals surface area contributed by atoms with Crippen molar-refractivity contribution in [3.05, 3.63) is 52.1 Å². The second-order valence-corrected chi connectivity index (χ2v) is 3.73. The highest BCUT2D eigenvalue weighted by Crippen LogP contribution is 2.26. The maximum Gasteiger partial charge on any atom is 0.275 e. The highest BCUT2D eigenvalue weighted by Gasteiger charge is 2.13. The molecule has 98 valence electrons. The lowest BCUT2D eigenvalue weighted by Gasteiger charge is -2.05. The molecule has 0 bridgehead atoms. The van der Waals surface area contributed by atoms with Gasteiger partial charge in [-0.15, -0.1) is 0 Å². The maximum atomic E-state index is 13.2. The molecule has 0 spiro atoms. The fraction of sp³-hybridized carbons (Fsp3) is 0.0833. The van der Waals surface area contributed by atoms with Crippen molar-refractivity contribution in [2.75, 3.05) is 12.4 Å². The number of hydrogen-bond donors (Lipinski definition) is 1. The monoisotopic (exact) mass is 265 g/mol. The molecule has 1 heterocycles. The number of pyridine rings is 1. The molecule has 0 saturated heterocycles. The summed E-state index contributed by atoms with van der Waals surface area (Å²) in [5.41, 5.74) is 0.274. The van der Waals surface area contributed by atoms with Crippen LogP contribution in [-0.4, -0.2) is 17.0 Å².